The summed E-state index contributed by atoms with van der Waals surface area (Å²) in [5, 5.41) is 17.9. The zero-order valence-electron chi connectivity index (χ0n) is 16.1. The minimum absolute atomic E-state index is 0. The molecule has 4 rings (SSSR count). The number of nitrogens with one attached hydrogen (secondary N) is 3. The molecule has 1 aliphatic rings. The van der Waals surface area contributed by atoms with E-state index in [0.29, 0.717) is 25.5 Å². The normalized spacial score (nSPS) is 16.0. The Labute approximate surface area is 186 Å². The van der Waals surface area contributed by atoms with Crippen LogP contribution in [0.25, 0.3) is 5.65 Å². The molecule has 8 nitrogen and oxygen atoms in total. The number of anilines is 1. The van der Waals surface area contributed by atoms with E-state index < -0.39 is 0 Å². The van der Waals surface area contributed by atoms with Crippen molar-refractivity contribution in [2.45, 2.75) is 25.8 Å². The third-order valence-corrected chi connectivity index (χ3v) is 4.73. The van der Waals surface area contributed by atoms with Crippen molar-refractivity contribution in [1.82, 2.24) is 25.2 Å². The maximum atomic E-state index is 12.0. The summed E-state index contributed by atoms with van der Waals surface area (Å²) in [7, 11) is 0. The molecule has 0 saturated carbocycles. The Morgan fingerprint density at radius 3 is 2.90 bits per heavy atom. The SMILES string of the molecule is CCNC(=NCc1nnc2ccccn12)NCC1CC(=O)Nc2ccccc21.I. The largest absolute Gasteiger partial charge is 0.357 e. The lowest BCUT2D eigenvalue weighted by Gasteiger charge is -2.26. The average Bonchev–Trinajstić information content (AvgIpc) is 3.13. The predicted molar refractivity (Wildman–Crippen MR) is 124 cm³/mol. The number of aliphatic imine (C=N–C) groups is 1. The fourth-order valence-corrected chi connectivity index (χ4v) is 3.39. The molecular formula is C20H24IN7O. The highest BCUT2D eigenvalue weighted by atomic mass is 127. The van der Waals surface area contributed by atoms with Crippen LogP contribution in [0.2, 0.25) is 0 Å². The fraction of sp³-hybridized carbons (Fsp3) is 0.300. The van der Waals surface area contributed by atoms with E-state index in [1.54, 1.807) is 0 Å². The second-order valence-corrected chi connectivity index (χ2v) is 6.66. The van der Waals surface area contributed by atoms with Crippen molar-refractivity contribution in [3.63, 3.8) is 0 Å². The molecule has 0 spiro atoms. The highest BCUT2D eigenvalue weighted by Gasteiger charge is 2.24. The first kappa shape index (κ1) is 21.0. The van der Waals surface area contributed by atoms with Crippen LogP contribution < -0.4 is 16.0 Å². The number of carbonyl (C=O) groups excluding carboxylic acids is 1. The van der Waals surface area contributed by atoms with Crippen LogP contribution in [0.1, 0.15) is 30.7 Å². The lowest BCUT2D eigenvalue weighted by atomic mass is 9.90. The highest BCUT2D eigenvalue weighted by Crippen LogP contribution is 2.31. The molecule has 152 valence electrons. The number of benzene rings is 1. The zero-order chi connectivity index (χ0) is 19.3. The number of hydrogen-bond donors (Lipinski definition) is 3. The van der Waals surface area contributed by atoms with Crippen LogP contribution in [-0.2, 0) is 11.3 Å². The zero-order valence-corrected chi connectivity index (χ0v) is 18.5. The van der Waals surface area contributed by atoms with E-state index in [2.05, 4.69) is 37.2 Å². The molecule has 9 heteroatoms. The smallest absolute Gasteiger partial charge is 0.225 e. The molecule has 1 aromatic carbocycles. The van der Waals surface area contributed by atoms with Crippen molar-refractivity contribution in [3.05, 3.63) is 60.0 Å². The quantitative estimate of drug-likeness (QED) is 0.282. The van der Waals surface area contributed by atoms with E-state index in [1.165, 1.54) is 0 Å². The van der Waals surface area contributed by atoms with E-state index in [0.717, 1.165) is 29.3 Å². The van der Waals surface area contributed by atoms with E-state index in [-0.39, 0.29) is 35.8 Å². The number of pyridine rings is 1. The van der Waals surface area contributed by atoms with Gasteiger partial charge in [-0.1, -0.05) is 24.3 Å². The van der Waals surface area contributed by atoms with Gasteiger partial charge in [0.05, 0.1) is 0 Å². The standard InChI is InChI=1S/C20H23N7O.HI/c1-2-21-20(23-13-18-26-25-17-9-5-6-10-27(17)18)22-12-14-11-19(28)24-16-8-4-3-7-15(14)16;/h3-10,14H,2,11-13H2,1H3,(H,24,28)(H2,21,22,23);1H. The van der Waals surface area contributed by atoms with Gasteiger partial charge in [-0.3, -0.25) is 9.20 Å². The second-order valence-electron chi connectivity index (χ2n) is 6.66. The van der Waals surface area contributed by atoms with Crippen LogP contribution in [0.15, 0.2) is 53.7 Å². The lowest BCUT2D eigenvalue weighted by molar-refractivity contribution is -0.116. The van der Waals surface area contributed by atoms with Crippen LogP contribution in [0.3, 0.4) is 0 Å². The molecule has 0 fully saturated rings. The monoisotopic (exact) mass is 505 g/mol. The molecule has 0 aliphatic carbocycles. The number of hydrogen-bond acceptors (Lipinski definition) is 4. The van der Waals surface area contributed by atoms with Gasteiger partial charge in [0, 0.05) is 37.3 Å². The maximum Gasteiger partial charge on any atom is 0.225 e. The number of halogens is 1. The Morgan fingerprint density at radius 2 is 2.03 bits per heavy atom. The minimum Gasteiger partial charge on any atom is -0.357 e. The molecule has 0 bridgehead atoms. The highest BCUT2D eigenvalue weighted by molar-refractivity contribution is 14.0. The third-order valence-electron chi connectivity index (χ3n) is 4.73. The Balaban J connectivity index is 0.00000240. The van der Waals surface area contributed by atoms with Crippen molar-refractivity contribution < 1.29 is 4.79 Å². The molecule has 1 aliphatic heterocycles. The molecule has 3 aromatic rings. The number of aromatic nitrogens is 3. The summed E-state index contributed by atoms with van der Waals surface area (Å²) in [4.78, 5) is 16.6. The lowest BCUT2D eigenvalue weighted by Crippen LogP contribution is -2.40. The molecule has 1 atom stereocenters. The molecule has 3 N–H and O–H groups in total. The van der Waals surface area contributed by atoms with Gasteiger partial charge in [-0.25, -0.2) is 4.99 Å². The average molecular weight is 505 g/mol. The summed E-state index contributed by atoms with van der Waals surface area (Å²) in [6, 6.07) is 13.7. The van der Waals surface area contributed by atoms with Gasteiger partial charge in [0.2, 0.25) is 5.91 Å². The number of guanidine groups is 1. The van der Waals surface area contributed by atoms with Crippen molar-refractivity contribution in [3.8, 4) is 0 Å². The van der Waals surface area contributed by atoms with Crippen LogP contribution in [-0.4, -0.2) is 39.6 Å². The Hall–Kier alpha value is -2.69. The number of fused-ring (bicyclic) bond motifs is 2. The van der Waals surface area contributed by atoms with Crippen LogP contribution in [0.4, 0.5) is 5.69 Å². The summed E-state index contributed by atoms with van der Waals surface area (Å²) in [5.74, 6) is 1.61. The van der Waals surface area contributed by atoms with Gasteiger partial charge >= 0.3 is 0 Å². The second kappa shape index (κ2) is 9.68. The van der Waals surface area contributed by atoms with Gasteiger partial charge in [-0.2, -0.15) is 0 Å². The van der Waals surface area contributed by atoms with Gasteiger partial charge in [0.1, 0.15) is 6.54 Å². The number of rotatable bonds is 5. The Kier molecular flexibility index (Phi) is 7.02. The molecule has 1 unspecified atom stereocenters. The van der Waals surface area contributed by atoms with Crippen molar-refractivity contribution in [1.29, 1.82) is 0 Å². The maximum absolute atomic E-state index is 12.0. The van der Waals surface area contributed by atoms with E-state index >= 15 is 0 Å². The van der Waals surface area contributed by atoms with Crippen LogP contribution in [0.5, 0.6) is 0 Å². The number of carbonyl (C=O) groups is 1. The first-order chi connectivity index (χ1) is 13.7. The van der Waals surface area contributed by atoms with Gasteiger partial charge in [0.25, 0.3) is 0 Å². The van der Waals surface area contributed by atoms with Crippen LogP contribution in [0, 0.1) is 0 Å². The molecule has 1 amide bonds. The van der Waals surface area contributed by atoms with Gasteiger partial charge < -0.3 is 16.0 Å². The summed E-state index contributed by atoms with van der Waals surface area (Å²) >= 11 is 0. The molecule has 3 heterocycles. The summed E-state index contributed by atoms with van der Waals surface area (Å²) < 4.78 is 1.93. The Morgan fingerprint density at radius 1 is 1.21 bits per heavy atom. The van der Waals surface area contributed by atoms with Gasteiger partial charge in [-0.15, -0.1) is 34.2 Å². The fourth-order valence-electron chi connectivity index (χ4n) is 3.39. The number of para-hydroxylation sites is 1. The summed E-state index contributed by atoms with van der Waals surface area (Å²) in [6.45, 7) is 3.79. The van der Waals surface area contributed by atoms with Crippen molar-refractivity contribution in [2.24, 2.45) is 4.99 Å². The van der Waals surface area contributed by atoms with E-state index in [4.69, 9.17) is 0 Å². The number of nitrogens with zero attached hydrogens (tertiary/aromatic N) is 4. The molecule has 29 heavy (non-hydrogen) atoms. The van der Waals surface area contributed by atoms with Gasteiger partial charge in [-0.05, 0) is 30.7 Å². The van der Waals surface area contributed by atoms with Crippen molar-refractivity contribution in [2.75, 3.05) is 18.4 Å². The minimum atomic E-state index is 0. The summed E-state index contributed by atoms with van der Waals surface area (Å²) in [6.07, 6.45) is 2.39. The Bertz CT molecular complexity index is 1020. The molecule has 2 aromatic heterocycles. The van der Waals surface area contributed by atoms with E-state index in [1.807, 2.05) is 53.9 Å². The number of amides is 1. The van der Waals surface area contributed by atoms with E-state index in [9.17, 15) is 4.79 Å². The topological polar surface area (TPSA) is 95.7 Å². The predicted octanol–water partition coefficient (Wildman–Crippen LogP) is 2.53. The van der Waals surface area contributed by atoms with Crippen LogP contribution >= 0.6 is 24.0 Å². The summed E-state index contributed by atoms with van der Waals surface area (Å²) in [5.41, 5.74) is 2.84. The first-order valence-electron chi connectivity index (χ1n) is 9.44. The molecule has 0 saturated heterocycles. The van der Waals surface area contributed by atoms with Gasteiger partial charge in [0.15, 0.2) is 17.4 Å². The van der Waals surface area contributed by atoms with Crippen molar-refractivity contribution >= 4 is 47.2 Å². The third kappa shape index (κ3) is 4.84. The molecule has 0 radical (unpaired) electrons. The molecular weight excluding hydrogens is 481 g/mol. The first-order valence-corrected chi connectivity index (χ1v) is 9.44.